The Kier molecular flexibility index (Phi) is 14.5. The van der Waals surface area contributed by atoms with Gasteiger partial charge >= 0.3 is 5.97 Å². The summed E-state index contributed by atoms with van der Waals surface area (Å²) in [5, 5.41) is 0. The number of hydrogen-bond acceptors (Lipinski definition) is 2. The van der Waals surface area contributed by atoms with Crippen LogP contribution in [0.3, 0.4) is 0 Å². The van der Waals surface area contributed by atoms with Crippen molar-refractivity contribution in [3.63, 3.8) is 0 Å². The molecule has 4 unspecified atom stereocenters. The molecule has 0 aromatic rings. The highest BCUT2D eigenvalue weighted by atomic mass is 16.5. The third kappa shape index (κ3) is 11.9. The molecule has 0 saturated carbocycles. The maximum Gasteiger partial charge on any atom is 0.308 e. The fourth-order valence-electron chi connectivity index (χ4n) is 3.67. The van der Waals surface area contributed by atoms with Gasteiger partial charge in [0.15, 0.2) is 0 Å². The molecule has 0 heterocycles. The first kappa shape index (κ1) is 23.5. The first-order chi connectivity index (χ1) is 11.4. The molecule has 2 heteroatoms. The zero-order chi connectivity index (χ0) is 18.4. The molecule has 0 N–H and O–H groups in total. The van der Waals surface area contributed by atoms with Gasteiger partial charge in [-0.3, -0.25) is 4.79 Å². The number of ether oxygens (including phenoxy) is 1. The average molecular weight is 341 g/mol. The molecule has 0 aliphatic rings. The Morgan fingerprint density at radius 3 is 1.67 bits per heavy atom. The molecule has 0 spiro atoms. The lowest BCUT2D eigenvalue weighted by atomic mass is 9.88. The summed E-state index contributed by atoms with van der Waals surface area (Å²) in [6.07, 6.45) is 14.0. The SMILES string of the molecule is CCCCC(C)CCCC(C)CCCC(C)CC(CC)C(=O)OC. The van der Waals surface area contributed by atoms with Gasteiger partial charge in [0.25, 0.3) is 0 Å². The van der Waals surface area contributed by atoms with E-state index in [0.29, 0.717) is 5.92 Å². The van der Waals surface area contributed by atoms with Gasteiger partial charge in [0.05, 0.1) is 13.0 Å². The molecule has 0 aliphatic heterocycles. The molecule has 0 amide bonds. The summed E-state index contributed by atoms with van der Waals surface area (Å²) in [6, 6.07) is 0. The number of carbonyl (C=O) groups excluding carboxylic acids is 1. The minimum Gasteiger partial charge on any atom is -0.469 e. The molecule has 0 aromatic carbocycles. The minimum absolute atomic E-state index is 0.0325. The van der Waals surface area contributed by atoms with Crippen molar-refractivity contribution >= 4 is 5.97 Å². The first-order valence-corrected chi connectivity index (χ1v) is 10.5. The Hall–Kier alpha value is -0.530. The van der Waals surface area contributed by atoms with Crippen molar-refractivity contribution in [1.82, 2.24) is 0 Å². The fraction of sp³-hybridized carbons (Fsp3) is 0.955. The van der Waals surface area contributed by atoms with Crippen LogP contribution in [0.25, 0.3) is 0 Å². The van der Waals surface area contributed by atoms with Crippen molar-refractivity contribution in [3.05, 3.63) is 0 Å². The Bertz CT molecular complexity index is 300. The molecule has 0 rings (SSSR count). The molecular formula is C22H44O2. The van der Waals surface area contributed by atoms with Gasteiger partial charge in [-0.05, 0) is 30.6 Å². The van der Waals surface area contributed by atoms with Crippen LogP contribution < -0.4 is 0 Å². The second-order valence-corrected chi connectivity index (χ2v) is 8.18. The second-order valence-electron chi connectivity index (χ2n) is 8.18. The monoisotopic (exact) mass is 340 g/mol. The molecule has 0 aliphatic carbocycles. The first-order valence-electron chi connectivity index (χ1n) is 10.5. The van der Waals surface area contributed by atoms with Crippen molar-refractivity contribution in [2.45, 2.75) is 105 Å². The number of methoxy groups -OCH3 is 1. The van der Waals surface area contributed by atoms with E-state index in [4.69, 9.17) is 4.74 Å². The van der Waals surface area contributed by atoms with E-state index in [-0.39, 0.29) is 11.9 Å². The van der Waals surface area contributed by atoms with Crippen LogP contribution in [0.4, 0.5) is 0 Å². The van der Waals surface area contributed by atoms with E-state index in [1.54, 1.807) is 0 Å². The van der Waals surface area contributed by atoms with E-state index in [0.717, 1.165) is 24.7 Å². The lowest BCUT2D eigenvalue weighted by molar-refractivity contribution is -0.146. The topological polar surface area (TPSA) is 26.3 Å². The molecule has 0 fully saturated rings. The molecule has 24 heavy (non-hydrogen) atoms. The summed E-state index contributed by atoms with van der Waals surface area (Å²) >= 11 is 0. The second kappa shape index (κ2) is 14.8. The van der Waals surface area contributed by atoms with Gasteiger partial charge in [-0.25, -0.2) is 0 Å². The van der Waals surface area contributed by atoms with Crippen molar-refractivity contribution in [2.24, 2.45) is 23.7 Å². The van der Waals surface area contributed by atoms with E-state index in [1.807, 2.05) is 0 Å². The van der Waals surface area contributed by atoms with Crippen LogP contribution in [0.15, 0.2) is 0 Å². The lowest BCUT2D eigenvalue weighted by Crippen LogP contribution is -2.18. The smallest absolute Gasteiger partial charge is 0.308 e. The highest BCUT2D eigenvalue weighted by Crippen LogP contribution is 2.24. The van der Waals surface area contributed by atoms with E-state index in [9.17, 15) is 4.79 Å². The van der Waals surface area contributed by atoms with Crippen LogP contribution in [0.5, 0.6) is 0 Å². The Morgan fingerprint density at radius 2 is 1.25 bits per heavy atom. The van der Waals surface area contributed by atoms with Gasteiger partial charge in [0, 0.05) is 0 Å². The van der Waals surface area contributed by atoms with Crippen LogP contribution in [-0.4, -0.2) is 13.1 Å². The van der Waals surface area contributed by atoms with E-state index in [1.165, 1.54) is 64.9 Å². The van der Waals surface area contributed by atoms with Crippen LogP contribution >= 0.6 is 0 Å². The highest BCUT2D eigenvalue weighted by Gasteiger charge is 2.19. The maximum atomic E-state index is 11.7. The number of esters is 1. The predicted molar refractivity (Wildman–Crippen MR) is 105 cm³/mol. The van der Waals surface area contributed by atoms with Crippen molar-refractivity contribution < 1.29 is 9.53 Å². The third-order valence-electron chi connectivity index (χ3n) is 5.55. The zero-order valence-electron chi connectivity index (χ0n) is 17.4. The fourth-order valence-corrected chi connectivity index (χ4v) is 3.67. The van der Waals surface area contributed by atoms with Crippen LogP contribution in [-0.2, 0) is 9.53 Å². The van der Waals surface area contributed by atoms with E-state index in [2.05, 4.69) is 34.6 Å². The van der Waals surface area contributed by atoms with Crippen molar-refractivity contribution in [2.75, 3.05) is 7.11 Å². The van der Waals surface area contributed by atoms with Crippen molar-refractivity contribution in [1.29, 1.82) is 0 Å². The summed E-state index contributed by atoms with van der Waals surface area (Å²) in [4.78, 5) is 11.7. The van der Waals surface area contributed by atoms with Crippen molar-refractivity contribution in [3.8, 4) is 0 Å². The molecular weight excluding hydrogens is 296 g/mol. The number of hydrogen-bond donors (Lipinski definition) is 0. The highest BCUT2D eigenvalue weighted by molar-refractivity contribution is 5.72. The Morgan fingerprint density at radius 1 is 0.792 bits per heavy atom. The normalized spacial score (nSPS) is 16.4. The van der Waals surface area contributed by atoms with Crippen LogP contribution in [0.1, 0.15) is 105 Å². The third-order valence-corrected chi connectivity index (χ3v) is 5.55. The standard InChI is InChI=1S/C22H44O2/c1-7-9-12-18(3)13-10-14-19(4)15-11-16-20(5)17-21(8-2)22(23)24-6/h18-21H,7-17H2,1-6H3. The maximum absolute atomic E-state index is 11.7. The molecule has 0 aromatic heterocycles. The van der Waals surface area contributed by atoms with Crippen LogP contribution in [0, 0.1) is 23.7 Å². The summed E-state index contributed by atoms with van der Waals surface area (Å²) in [6.45, 7) is 11.5. The molecule has 0 radical (unpaired) electrons. The summed E-state index contributed by atoms with van der Waals surface area (Å²) in [7, 11) is 1.50. The Labute approximate surface area is 152 Å². The summed E-state index contributed by atoms with van der Waals surface area (Å²) in [5.74, 6) is 2.43. The van der Waals surface area contributed by atoms with Gasteiger partial charge in [-0.1, -0.05) is 92.4 Å². The minimum atomic E-state index is -0.0325. The van der Waals surface area contributed by atoms with E-state index >= 15 is 0 Å². The predicted octanol–water partition coefficient (Wildman–Crippen LogP) is 7.01. The average Bonchev–Trinajstić information content (AvgIpc) is 2.57. The number of unbranched alkanes of at least 4 members (excludes halogenated alkanes) is 1. The largest absolute Gasteiger partial charge is 0.469 e. The molecule has 2 nitrogen and oxygen atoms in total. The Balaban J connectivity index is 3.76. The zero-order valence-corrected chi connectivity index (χ0v) is 17.4. The molecule has 0 bridgehead atoms. The lowest BCUT2D eigenvalue weighted by Gasteiger charge is -2.19. The molecule has 144 valence electrons. The quantitative estimate of drug-likeness (QED) is 0.299. The number of carbonyl (C=O) groups is 1. The molecule has 0 saturated heterocycles. The molecule has 4 atom stereocenters. The van der Waals surface area contributed by atoms with E-state index < -0.39 is 0 Å². The van der Waals surface area contributed by atoms with Gasteiger partial charge in [-0.2, -0.15) is 0 Å². The van der Waals surface area contributed by atoms with Gasteiger partial charge < -0.3 is 4.74 Å². The summed E-state index contributed by atoms with van der Waals surface area (Å²) in [5.41, 5.74) is 0. The number of rotatable bonds is 15. The van der Waals surface area contributed by atoms with Gasteiger partial charge in [0.2, 0.25) is 0 Å². The van der Waals surface area contributed by atoms with Gasteiger partial charge in [-0.15, -0.1) is 0 Å². The van der Waals surface area contributed by atoms with Crippen LogP contribution in [0.2, 0.25) is 0 Å². The van der Waals surface area contributed by atoms with Gasteiger partial charge in [0.1, 0.15) is 0 Å². The summed E-state index contributed by atoms with van der Waals surface area (Å²) < 4.78 is 4.90.